The summed E-state index contributed by atoms with van der Waals surface area (Å²) in [6, 6.07) is -0.919. The van der Waals surface area contributed by atoms with Crippen LogP contribution in [0.5, 0.6) is 0 Å². The Kier molecular flexibility index (Phi) is 1.91. The number of nitrogens with one attached hydrogen (secondary N) is 1. The molecule has 0 aromatic carbocycles. The lowest BCUT2D eigenvalue weighted by atomic mass is 10.3. The molecule has 1 aliphatic heterocycles. The Morgan fingerprint density at radius 1 is 1.80 bits per heavy atom. The zero-order valence-electron chi connectivity index (χ0n) is 4.79. The van der Waals surface area contributed by atoms with Gasteiger partial charge in [0, 0.05) is 0 Å². The molecule has 0 spiro atoms. The summed E-state index contributed by atoms with van der Waals surface area (Å²) < 4.78 is 0.314. The van der Waals surface area contributed by atoms with E-state index in [-0.39, 0.29) is 5.12 Å². The Bertz CT molecular complexity index is 215. The molecule has 10 heavy (non-hydrogen) atoms. The molecule has 3 N–H and O–H groups in total. The van der Waals surface area contributed by atoms with Crippen LogP contribution in [0.3, 0.4) is 0 Å². The first-order valence-electron chi connectivity index (χ1n) is 2.43. The second-order valence-electron chi connectivity index (χ2n) is 1.69. The van der Waals surface area contributed by atoms with Crippen molar-refractivity contribution in [2.45, 2.75) is 6.04 Å². The van der Waals surface area contributed by atoms with Crippen molar-refractivity contribution in [2.75, 3.05) is 0 Å². The van der Waals surface area contributed by atoms with Crippen LogP contribution in [0.1, 0.15) is 0 Å². The molecule has 0 radical (unpaired) electrons. The van der Waals surface area contributed by atoms with Crippen molar-refractivity contribution in [3.8, 4) is 0 Å². The average molecular weight is 176 g/mol. The number of carbonyl (C=O) groups is 2. The van der Waals surface area contributed by atoms with E-state index in [0.717, 1.165) is 11.8 Å². The number of hydrogen-bond donors (Lipinski definition) is 2. The number of carbonyl (C=O) groups excluding carboxylic acids is 2. The SMILES string of the molecule is NC(=O)[C@@H]1NC(=S)SC1=O. The summed E-state index contributed by atoms with van der Waals surface area (Å²) in [5, 5.41) is 2.15. The van der Waals surface area contributed by atoms with E-state index < -0.39 is 11.9 Å². The number of primary amides is 1. The maximum absolute atomic E-state index is 10.7. The Hall–Kier alpha value is -0.620. The van der Waals surface area contributed by atoms with Crippen LogP contribution in [-0.2, 0) is 9.59 Å². The predicted molar refractivity (Wildman–Crippen MR) is 41.3 cm³/mol. The van der Waals surface area contributed by atoms with Crippen molar-refractivity contribution in [3.05, 3.63) is 0 Å². The Morgan fingerprint density at radius 2 is 2.40 bits per heavy atom. The number of hydrogen-bond acceptors (Lipinski definition) is 4. The lowest BCUT2D eigenvalue weighted by Crippen LogP contribution is -2.41. The highest BCUT2D eigenvalue weighted by atomic mass is 32.2. The van der Waals surface area contributed by atoms with E-state index in [1.165, 1.54) is 0 Å². The maximum atomic E-state index is 10.7. The van der Waals surface area contributed by atoms with Gasteiger partial charge in [0.05, 0.1) is 0 Å². The Morgan fingerprint density at radius 3 is 2.60 bits per heavy atom. The van der Waals surface area contributed by atoms with Crippen LogP contribution in [0.25, 0.3) is 0 Å². The molecule has 0 aromatic heterocycles. The Balaban J connectivity index is 2.72. The fraction of sp³-hybridized carbons (Fsp3) is 0.250. The van der Waals surface area contributed by atoms with Crippen molar-refractivity contribution in [3.63, 3.8) is 0 Å². The summed E-state index contributed by atoms with van der Waals surface area (Å²) in [6.07, 6.45) is 0. The zero-order valence-corrected chi connectivity index (χ0v) is 6.42. The van der Waals surface area contributed by atoms with E-state index in [4.69, 9.17) is 5.73 Å². The molecule has 1 atom stereocenters. The summed E-state index contributed by atoms with van der Waals surface area (Å²) in [7, 11) is 0. The number of thiocarbonyl (C=S) groups is 1. The van der Waals surface area contributed by atoms with Gasteiger partial charge in [0.2, 0.25) is 11.0 Å². The van der Waals surface area contributed by atoms with E-state index in [9.17, 15) is 9.59 Å². The third-order valence-electron chi connectivity index (χ3n) is 0.976. The molecule has 1 amide bonds. The van der Waals surface area contributed by atoms with E-state index in [0.29, 0.717) is 4.32 Å². The monoisotopic (exact) mass is 176 g/mol. The standard InChI is InChI=1S/C4H4N2O2S2/c5-2(7)1-3(8)10-4(9)6-1/h1H,(H2,5,7)(H,6,9)/t1-/m0/s1. The highest BCUT2D eigenvalue weighted by Crippen LogP contribution is 2.14. The van der Waals surface area contributed by atoms with Gasteiger partial charge >= 0.3 is 0 Å². The van der Waals surface area contributed by atoms with Crippen LogP contribution in [0.2, 0.25) is 0 Å². The van der Waals surface area contributed by atoms with Gasteiger partial charge in [-0.25, -0.2) is 0 Å². The molecule has 0 aromatic rings. The van der Waals surface area contributed by atoms with Gasteiger partial charge in [0.25, 0.3) is 0 Å². The molecule has 1 heterocycles. The molecule has 1 saturated heterocycles. The largest absolute Gasteiger partial charge is 0.367 e. The van der Waals surface area contributed by atoms with Crippen LogP contribution in [0.15, 0.2) is 0 Å². The number of nitrogens with two attached hydrogens (primary N) is 1. The van der Waals surface area contributed by atoms with Crippen LogP contribution in [0, 0.1) is 0 Å². The van der Waals surface area contributed by atoms with Crippen molar-refractivity contribution < 1.29 is 9.59 Å². The molecule has 54 valence electrons. The molecule has 6 heteroatoms. The van der Waals surface area contributed by atoms with Gasteiger partial charge < -0.3 is 11.1 Å². The van der Waals surface area contributed by atoms with Gasteiger partial charge in [0.15, 0.2) is 6.04 Å². The molecule has 0 unspecified atom stereocenters. The summed E-state index contributed by atoms with van der Waals surface area (Å²) in [5.41, 5.74) is 4.86. The van der Waals surface area contributed by atoms with Gasteiger partial charge in [-0.15, -0.1) is 0 Å². The van der Waals surface area contributed by atoms with E-state index in [1.807, 2.05) is 0 Å². The topological polar surface area (TPSA) is 72.2 Å². The number of amides is 1. The molecule has 1 aliphatic rings. The third kappa shape index (κ3) is 1.27. The van der Waals surface area contributed by atoms with Gasteiger partial charge in [-0.3, -0.25) is 9.59 Å². The van der Waals surface area contributed by atoms with Crippen molar-refractivity contribution in [2.24, 2.45) is 5.73 Å². The molecular formula is C4H4N2O2S2. The molecule has 0 aliphatic carbocycles. The predicted octanol–water partition coefficient (Wildman–Crippen LogP) is -1.01. The van der Waals surface area contributed by atoms with Crippen molar-refractivity contribution in [1.82, 2.24) is 5.32 Å². The molecule has 4 nitrogen and oxygen atoms in total. The second-order valence-corrected chi connectivity index (χ2v) is 3.37. The van der Waals surface area contributed by atoms with E-state index in [1.54, 1.807) is 0 Å². The summed E-state index contributed by atoms with van der Waals surface area (Å²) in [6.45, 7) is 0. The van der Waals surface area contributed by atoms with Gasteiger partial charge in [-0.1, -0.05) is 12.2 Å². The van der Waals surface area contributed by atoms with Crippen molar-refractivity contribution in [1.29, 1.82) is 0 Å². The second kappa shape index (κ2) is 2.55. The first-order valence-corrected chi connectivity index (χ1v) is 3.65. The molecule has 0 saturated carbocycles. The molecular weight excluding hydrogens is 172 g/mol. The maximum Gasteiger partial charge on any atom is 0.248 e. The summed E-state index contributed by atoms with van der Waals surface area (Å²) in [5.74, 6) is -0.683. The first-order chi connectivity index (χ1) is 4.61. The minimum absolute atomic E-state index is 0.314. The molecule has 1 rings (SSSR count). The molecule has 0 bridgehead atoms. The fourth-order valence-corrected chi connectivity index (χ4v) is 1.56. The third-order valence-corrected chi connectivity index (χ3v) is 2.08. The van der Waals surface area contributed by atoms with E-state index in [2.05, 4.69) is 17.5 Å². The smallest absolute Gasteiger partial charge is 0.248 e. The minimum atomic E-state index is -0.919. The van der Waals surface area contributed by atoms with Crippen LogP contribution < -0.4 is 11.1 Å². The number of rotatable bonds is 1. The van der Waals surface area contributed by atoms with Crippen molar-refractivity contribution >= 4 is 39.3 Å². The summed E-state index contributed by atoms with van der Waals surface area (Å²) >= 11 is 5.45. The zero-order chi connectivity index (χ0) is 7.72. The summed E-state index contributed by atoms with van der Waals surface area (Å²) in [4.78, 5) is 21.2. The lowest BCUT2D eigenvalue weighted by Gasteiger charge is -1.99. The fourth-order valence-electron chi connectivity index (χ4n) is 0.544. The average Bonchev–Trinajstić information content (AvgIpc) is 2.10. The van der Waals surface area contributed by atoms with Gasteiger partial charge in [0.1, 0.15) is 4.32 Å². The normalized spacial score (nSPS) is 24.6. The van der Waals surface area contributed by atoms with Gasteiger partial charge in [-0.05, 0) is 11.8 Å². The van der Waals surface area contributed by atoms with Gasteiger partial charge in [-0.2, -0.15) is 0 Å². The first kappa shape index (κ1) is 7.49. The van der Waals surface area contributed by atoms with Crippen LogP contribution >= 0.6 is 24.0 Å². The highest BCUT2D eigenvalue weighted by Gasteiger charge is 2.32. The van der Waals surface area contributed by atoms with Crippen LogP contribution in [0.4, 0.5) is 0 Å². The van der Waals surface area contributed by atoms with E-state index >= 15 is 0 Å². The van der Waals surface area contributed by atoms with Crippen LogP contribution in [-0.4, -0.2) is 21.4 Å². The Labute approximate surface area is 66.5 Å². The lowest BCUT2D eigenvalue weighted by molar-refractivity contribution is -0.124. The molecule has 1 fully saturated rings. The highest BCUT2D eigenvalue weighted by molar-refractivity contribution is 8.33. The minimum Gasteiger partial charge on any atom is -0.367 e. The quantitative estimate of drug-likeness (QED) is 0.395. The number of thioether (sulfide) groups is 1.